The van der Waals surface area contributed by atoms with Gasteiger partial charge in [0.2, 0.25) is 0 Å². The number of aromatic nitrogens is 2. The van der Waals surface area contributed by atoms with Crippen molar-refractivity contribution in [2.45, 2.75) is 32.9 Å². The maximum Gasteiger partial charge on any atom is 0.308 e. The van der Waals surface area contributed by atoms with Gasteiger partial charge in [0.15, 0.2) is 0 Å². The molecule has 0 fully saturated rings. The van der Waals surface area contributed by atoms with E-state index in [0.29, 0.717) is 16.5 Å². The quantitative estimate of drug-likeness (QED) is 0.641. The molecule has 2 N–H and O–H groups in total. The van der Waals surface area contributed by atoms with Gasteiger partial charge in [0.1, 0.15) is 12.4 Å². The van der Waals surface area contributed by atoms with Crippen molar-refractivity contribution in [3.63, 3.8) is 0 Å². The van der Waals surface area contributed by atoms with Crippen LogP contribution in [0.1, 0.15) is 35.1 Å². The number of nitrogens with one attached hydrogen (secondary N) is 2. The van der Waals surface area contributed by atoms with Gasteiger partial charge in [-0.15, -0.1) is 0 Å². The van der Waals surface area contributed by atoms with Crippen LogP contribution in [0.15, 0.2) is 53.3 Å². The van der Waals surface area contributed by atoms with E-state index in [2.05, 4.69) is 15.3 Å². The molecule has 0 aliphatic heterocycles. The van der Waals surface area contributed by atoms with Crippen LogP contribution in [0, 0.1) is 6.92 Å². The Morgan fingerprint density at radius 1 is 1.14 bits per heavy atom. The summed E-state index contributed by atoms with van der Waals surface area (Å²) in [5.74, 6) is -0.466. The number of esters is 1. The Bertz CT molecular complexity index is 1060. The van der Waals surface area contributed by atoms with Gasteiger partial charge < -0.3 is 15.0 Å². The van der Waals surface area contributed by atoms with E-state index in [1.165, 1.54) is 0 Å². The molecule has 0 saturated carbocycles. The van der Waals surface area contributed by atoms with E-state index in [9.17, 15) is 14.4 Å². The van der Waals surface area contributed by atoms with Crippen LogP contribution in [0.2, 0.25) is 0 Å². The summed E-state index contributed by atoms with van der Waals surface area (Å²) in [5, 5.41) is 3.25. The number of carbonyl (C=O) groups is 2. The molecule has 28 heavy (non-hydrogen) atoms. The zero-order valence-electron chi connectivity index (χ0n) is 15.7. The van der Waals surface area contributed by atoms with Crippen molar-refractivity contribution in [3.05, 3.63) is 75.8 Å². The zero-order chi connectivity index (χ0) is 20.1. The minimum atomic E-state index is -0.492. The minimum absolute atomic E-state index is 0.00934. The molecule has 3 aromatic rings. The number of carbonyl (C=O) groups excluding carboxylic acids is 2. The van der Waals surface area contributed by atoms with Crippen molar-refractivity contribution in [3.8, 4) is 0 Å². The molecular weight excluding hydrogens is 358 g/mol. The molecule has 7 heteroatoms. The molecule has 1 aromatic heterocycles. The van der Waals surface area contributed by atoms with E-state index in [4.69, 9.17) is 4.74 Å². The van der Waals surface area contributed by atoms with Crippen LogP contribution in [0.4, 0.5) is 0 Å². The average Bonchev–Trinajstić information content (AvgIpc) is 2.68. The SMILES string of the molecule is Cc1cccc2c(=O)[nH]c(COC(=O)CC(C)NC(=O)c3ccccc3)nc12. The number of nitrogens with zero attached hydrogens (tertiary/aromatic N) is 1. The summed E-state index contributed by atoms with van der Waals surface area (Å²) in [7, 11) is 0. The Balaban J connectivity index is 1.57. The second-order valence-corrected chi connectivity index (χ2v) is 6.59. The Morgan fingerprint density at radius 2 is 1.89 bits per heavy atom. The molecule has 7 nitrogen and oxygen atoms in total. The van der Waals surface area contributed by atoms with Crippen molar-refractivity contribution in [2.24, 2.45) is 0 Å². The van der Waals surface area contributed by atoms with Crippen molar-refractivity contribution in [1.82, 2.24) is 15.3 Å². The largest absolute Gasteiger partial charge is 0.457 e. The predicted octanol–water partition coefficient (Wildman–Crippen LogP) is 2.48. The lowest BCUT2D eigenvalue weighted by Crippen LogP contribution is -2.34. The van der Waals surface area contributed by atoms with E-state index >= 15 is 0 Å². The molecule has 0 spiro atoms. The number of hydrogen-bond donors (Lipinski definition) is 2. The Labute approximate surface area is 161 Å². The highest BCUT2D eigenvalue weighted by Gasteiger charge is 2.15. The summed E-state index contributed by atoms with van der Waals surface area (Å²) in [6, 6.07) is 13.7. The number of ether oxygens (including phenoxy) is 1. The molecule has 0 saturated heterocycles. The van der Waals surface area contributed by atoms with E-state index in [1.807, 2.05) is 19.1 Å². The molecular formula is C21H21N3O4. The minimum Gasteiger partial charge on any atom is -0.457 e. The standard InChI is InChI=1S/C21H21N3O4/c1-13-7-6-10-16-19(13)23-17(24-21(16)27)12-28-18(25)11-14(2)22-20(26)15-8-4-3-5-9-15/h3-10,14H,11-12H2,1-2H3,(H,22,26)(H,23,24,27). The van der Waals surface area contributed by atoms with Gasteiger partial charge in [0.05, 0.1) is 17.3 Å². The van der Waals surface area contributed by atoms with Gasteiger partial charge in [-0.1, -0.05) is 30.3 Å². The number of benzene rings is 2. The fraction of sp³-hybridized carbons (Fsp3) is 0.238. The maximum atomic E-state index is 12.1. The van der Waals surface area contributed by atoms with Crippen LogP contribution >= 0.6 is 0 Å². The van der Waals surface area contributed by atoms with E-state index < -0.39 is 12.0 Å². The van der Waals surface area contributed by atoms with Crippen molar-refractivity contribution < 1.29 is 14.3 Å². The molecule has 1 atom stereocenters. The second kappa shape index (κ2) is 8.47. The Kier molecular flexibility index (Phi) is 5.84. The number of aryl methyl sites for hydroxylation is 1. The summed E-state index contributed by atoms with van der Waals surface area (Å²) in [4.78, 5) is 43.3. The topological polar surface area (TPSA) is 101 Å². The van der Waals surface area contributed by atoms with Gasteiger partial charge in [0.25, 0.3) is 11.5 Å². The Morgan fingerprint density at radius 3 is 2.64 bits per heavy atom. The molecule has 1 amide bonds. The molecule has 1 heterocycles. The van der Waals surface area contributed by atoms with Gasteiger partial charge in [-0.05, 0) is 37.6 Å². The Hall–Kier alpha value is -3.48. The fourth-order valence-electron chi connectivity index (χ4n) is 2.83. The number of H-pyrrole nitrogens is 1. The monoisotopic (exact) mass is 379 g/mol. The molecule has 144 valence electrons. The van der Waals surface area contributed by atoms with Crippen LogP contribution in [0.3, 0.4) is 0 Å². The summed E-state index contributed by atoms with van der Waals surface area (Å²) < 4.78 is 5.21. The normalized spacial score (nSPS) is 11.8. The van der Waals surface area contributed by atoms with E-state index in [0.717, 1.165) is 5.56 Å². The molecule has 0 aliphatic carbocycles. The van der Waals surface area contributed by atoms with Crippen molar-refractivity contribution in [2.75, 3.05) is 0 Å². The van der Waals surface area contributed by atoms with Gasteiger partial charge in [-0.3, -0.25) is 14.4 Å². The molecule has 1 unspecified atom stereocenters. The highest BCUT2D eigenvalue weighted by atomic mass is 16.5. The number of hydrogen-bond acceptors (Lipinski definition) is 5. The number of rotatable bonds is 6. The summed E-state index contributed by atoms with van der Waals surface area (Å²) in [6.07, 6.45) is 0.00934. The van der Waals surface area contributed by atoms with Crippen LogP contribution in [0.25, 0.3) is 10.9 Å². The van der Waals surface area contributed by atoms with Crippen LogP contribution in [-0.4, -0.2) is 27.9 Å². The second-order valence-electron chi connectivity index (χ2n) is 6.59. The number of para-hydroxylation sites is 1. The summed E-state index contributed by atoms with van der Waals surface area (Å²) in [5.41, 5.74) is 1.70. The van der Waals surface area contributed by atoms with Crippen LogP contribution < -0.4 is 10.9 Å². The predicted molar refractivity (Wildman–Crippen MR) is 105 cm³/mol. The highest BCUT2D eigenvalue weighted by Crippen LogP contribution is 2.12. The first-order valence-electron chi connectivity index (χ1n) is 8.94. The van der Waals surface area contributed by atoms with Crippen LogP contribution in [0.5, 0.6) is 0 Å². The first kappa shape index (κ1) is 19.3. The molecule has 3 rings (SSSR count). The van der Waals surface area contributed by atoms with Gasteiger partial charge in [-0.2, -0.15) is 0 Å². The third kappa shape index (κ3) is 4.62. The first-order valence-corrected chi connectivity index (χ1v) is 8.94. The summed E-state index contributed by atoms with van der Waals surface area (Å²) in [6.45, 7) is 3.45. The molecule has 0 aliphatic rings. The lowest BCUT2D eigenvalue weighted by atomic mass is 10.1. The zero-order valence-corrected chi connectivity index (χ0v) is 15.7. The average molecular weight is 379 g/mol. The fourth-order valence-corrected chi connectivity index (χ4v) is 2.83. The van der Waals surface area contributed by atoms with E-state index in [1.54, 1.807) is 43.3 Å². The highest BCUT2D eigenvalue weighted by molar-refractivity contribution is 5.94. The van der Waals surface area contributed by atoms with Crippen LogP contribution in [-0.2, 0) is 16.1 Å². The number of amides is 1. The third-order valence-electron chi connectivity index (χ3n) is 4.24. The third-order valence-corrected chi connectivity index (χ3v) is 4.24. The molecule has 0 radical (unpaired) electrons. The summed E-state index contributed by atoms with van der Waals surface area (Å²) >= 11 is 0. The lowest BCUT2D eigenvalue weighted by Gasteiger charge is -2.13. The first-order chi connectivity index (χ1) is 13.4. The van der Waals surface area contributed by atoms with Gasteiger partial charge in [0, 0.05) is 11.6 Å². The number of aromatic amines is 1. The van der Waals surface area contributed by atoms with Gasteiger partial charge >= 0.3 is 5.97 Å². The van der Waals surface area contributed by atoms with Crippen molar-refractivity contribution >= 4 is 22.8 Å². The molecule has 2 aromatic carbocycles. The van der Waals surface area contributed by atoms with Gasteiger partial charge in [-0.25, -0.2) is 4.98 Å². The number of fused-ring (bicyclic) bond motifs is 1. The molecule has 0 bridgehead atoms. The van der Waals surface area contributed by atoms with E-state index in [-0.39, 0.29) is 30.3 Å². The maximum absolute atomic E-state index is 12.1. The smallest absolute Gasteiger partial charge is 0.308 e. The lowest BCUT2D eigenvalue weighted by molar-refractivity contribution is -0.145. The van der Waals surface area contributed by atoms with Crippen molar-refractivity contribution in [1.29, 1.82) is 0 Å².